The van der Waals surface area contributed by atoms with E-state index in [9.17, 15) is 4.79 Å². The fourth-order valence-electron chi connectivity index (χ4n) is 2.79. The average Bonchev–Trinajstić information content (AvgIpc) is 2.91. The maximum atomic E-state index is 12.6. The van der Waals surface area contributed by atoms with Crippen molar-refractivity contribution < 1.29 is 13.6 Å². The minimum absolute atomic E-state index is 0.0443. The molecule has 0 radical (unpaired) electrons. The van der Waals surface area contributed by atoms with Crippen LogP contribution in [0.25, 0.3) is 0 Å². The zero-order valence-electron chi connectivity index (χ0n) is 14.4. The summed E-state index contributed by atoms with van der Waals surface area (Å²) in [7, 11) is 0. The molecule has 0 bridgehead atoms. The van der Waals surface area contributed by atoms with Crippen molar-refractivity contribution in [2.45, 2.75) is 54.4 Å². The van der Waals surface area contributed by atoms with Crippen LogP contribution in [0.15, 0.2) is 21.0 Å². The molecule has 0 saturated carbocycles. The molecule has 22 heavy (non-hydrogen) atoms. The molecule has 0 saturated heterocycles. The van der Waals surface area contributed by atoms with Gasteiger partial charge in [0.05, 0.1) is 0 Å². The summed E-state index contributed by atoms with van der Waals surface area (Å²) in [6.45, 7) is 11.9. The zero-order chi connectivity index (χ0) is 16.4. The van der Waals surface area contributed by atoms with Gasteiger partial charge in [-0.3, -0.25) is 4.79 Å². The molecule has 2 unspecified atom stereocenters. The standard InChI is InChI=1S/C19H26O3/c1-11-7-17(21-15(11)5)9-13(3)19(20)14(4)10-18-8-12(2)16(6)22-18/h7-8,13-14H,9-10H2,1-6H3. The first-order valence-electron chi connectivity index (χ1n) is 7.93. The first-order chi connectivity index (χ1) is 10.3. The fourth-order valence-corrected chi connectivity index (χ4v) is 2.79. The topological polar surface area (TPSA) is 43.4 Å². The summed E-state index contributed by atoms with van der Waals surface area (Å²) in [6, 6.07) is 4.06. The normalized spacial score (nSPS) is 14.1. The summed E-state index contributed by atoms with van der Waals surface area (Å²) in [5.41, 5.74) is 2.29. The summed E-state index contributed by atoms with van der Waals surface area (Å²) in [5, 5.41) is 0. The molecule has 0 aromatic carbocycles. The molecule has 0 spiro atoms. The monoisotopic (exact) mass is 302 g/mol. The van der Waals surface area contributed by atoms with Gasteiger partial charge in [0.1, 0.15) is 28.8 Å². The van der Waals surface area contributed by atoms with Crippen molar-refractivity contribution in [1.29, 1.82) is 0 Å². The van der Waals surface area contributed by atoms with Gasteiger partial charge in [-0.05, 0) is 51.0 Å². The lowest BCUT2D eigenvalue weighted by atomic mass is 9.89. The Kier molecular flexibility index (Phi) is 4.94. The highest BCUT2D eigenvalue weighted by Crippen LogP contribution is 2.22. The quantitative estimate of drug-likeness (QED) is 0.774. The predicted octanol–water partition coefficient (Wildman–Crippen LogP) is 4.73. The predicted molar refractivity (Wildman–Crippen MR) is 87.1 cm³/mol. The van der Waals surface area contributed by atoms with E-state index in [1.54, 1.807) is 0 Å². The van der Waals surface area contributed by atoms with E-state index < -0.39 is 0 Å². The van der Waals surface area contributed by atoms with Crippen molar-refractivity contribution in [3.63, 3.8) is 0 Å². The van der Waals surface area contributed by atoms with Crippen LogP contribution in [0.3, 0.4) is 0 Å². The molecule has 0 aliphatic heterocycles. The van der Waals surface area contributed by atoms with Crippen molar-refractivity contribution in [3.8, 4) is 0 Å². The molecule has 0 aliphatic rings. The van der Waals surface area contributed by atoms with E-state index in [0.717, 1.165) is 34.2 Å². The van der Waals surface area contributed by atoms with Crippen LogP contribution in [0.1, 0.15) is 48.0 Å². The Morgan fingerprint density at radius 1 is 0.864 bits per heavy atom. The molecule has 3 nitrogen and oxygen atoms in total. The summed E-state index contributed by atoms with van der Waals surface area (Å²) < 4.78 is 11.4. The van der Waals surface area contributed by atoms with E-state index in [2.05, 4.69) is 0 Å². The van der Waals surface area contributed by atoms with Gasteiger partial charge >= 0.3 is 0 Å². The maximum Gasteiger partial charge on any atom is 0.139 e. The van der Waals surface area contributed by atoms with Crippen LogP contribution in [0.4, 0.5) is 0 Å². The highest BCUT2D eigenvalue weighted by molar-refractivity contribution is 5.83. The number of Topliss-reactive ketones (excluding diaryl/α,β-unsaturated/α-hetero) is 1. The summed E-state index contributed by atoms with van der Waals surface area (Å²) >= 11 is 0. The third-order valence-corrected chi connectivity index (χ3v) is 4.42. The molecule has 0 N–H and O–H groups in total. The maximum absolute atomic E-state index is 12.6. The Bertz CT molecular complexity index is 565. The first-order valence-corrected chi connectivity index (χ1v) is 7.93. The molecule has 3 heteroatoms. The summed E-state index contributed by atoms with van der Waals surface area (Å²) in [6.07, 6.45) is 1.32. The Morgan fingerprint density at radius 2 is 1.23 bits per heavy atom. The van der Waals surface area contributed by atoms with E-state index >= 15 is 0 Å². The average molecular weight is 302 g/mol. The number of hydrogen-bond acceptors (Lipinski definition) is 3. The van der Waals surface area contributed by atoms with Crippen molar-refractivity contribution in [3.05, 3.63) is 46.3 Å². The van der Waals surface area contributed by atoms with E-state index in [4.69, 9.17) is 8.83 Å². The molecule has 2 aromatic heterocycles. The van der Waals surface area contributed by atoms with Gasteiger partial charge < -0.3 is 8.83 Å². The van der Waals surface area contributed by atoms with Gasteiger partial charge in [-0.2, -0.15) is 0 Å². The molecule has 2 aromatic rings. The van der Waals surface area contributed by atoms with Gasteiger partial charge in [-0.25, -0.2) is 0 Å². The van der Waals surface area contributed by atoms with E-state index in [1.807, 2.05) is 53.7 Å². The number of furan rings is 2. The summed E-state index contributed by atoms with van der Waals surface area (Å²) in [5.74, 6) is 3.83. The Morgan fingerprint density at radius 3 is 1.50 bits per heavy atom. The lowest BCUT2D eigenvalue weighted by Gasteiger charge is -2.14. The minimum Gasteiger partial charge on any atom is -0.466 e. The van der Waals surface area contributed by atoms with E-state index in [-0.39, 0.29) is 17.6 Å². The van der Waals surface area contributed by atoms with Crippen LogP contribution in [-0.2, 0) is 17.6 Å². The van der Waals surface area contributed by atoms with Crippen LogP contribution in [0.5, 0.6) is 0 Å². The smallest absolute Gasteiger partial charge is 0.139 e. The second kappa shape index (κ2) is 6.55. The van der Waals surface area contributed by atoms with Crippen LogP contribution in [-0.4, -0.2) is 5.78 Å². The number of carbonyl (C=O) groups excluding carboxylic acids is 1. The Hall–Kier alpha value is -1.77. The molecule has 0 fully saturated rings. The zero-order valence-corrected chi connectivity index (χ0v) is 14.4. The first kappa shape index (κ1) is 16.6. The van der Waals surface area contributed by atoms with Crippen LogP contribution >= 0.6 is 0 Å². The largest absolute Gasteiger partial charge is 0.466 e. The number of hydrogen-bond donors (Lipinski definition) is 0. The highest BCUT2D eigenvalue weighted by atomic mass is 16.3. The lowest BCUT2D eigenvalue weighted by molar-refractivity contribution is -0.126. The van der Waals surface area contributed by atoms with Gasteiger partial charge in [0.25, 0.3) is 0 Å². The van der Waals surface area contributed by atoms with Crippen LogP contribution in [0, 0.1) is 39.5 Å². The van der Waals surface area contributed by atoms with Crippen molar-refractivity contribution in [1.82, 2.24) is 0 Å². The lowest BCUT2D eigenvalue weighted by Crippen LogP contribution is -2.22. The molecule has 2 rings (SSSR count). The highest BCUT2D eigenvalue weighted by Gasteiger charge is 2.23. The third-order valence-electron chi connectivity index (χ3n) is 4.42. The van der Waals surface area contributed by atoms with Crippen molar-refractivity contribution in [2.75, 3.05) is 0 Å². The Balaban J connectivity index is 1.97. The second-order valence-electron chi connectivity index (χ2n) is 6.52. The van der Waals surface area contributed by atoms with Crippen molar-refractivity contribution >= 4 is 5.78 Å². The van der Waals surface area contributed by atoms with Crippen LogP contribution < -0.4 is 0 Å². The van der Waals surface area contributed by atoms with Gasteiger partial charge in [-0.1, -0.05) is 13.8 Å². The molecular formula is C19H26O3. The van der Waals surface area contributed by atoms with Gasteiger partial charge in [0.15, 0.2) is 0 Å². The molecule has 0 aliphatic carbocycles. The third kappa shape index (κ3) is 3.70. The number of rotatable bonds is 6. The minimum atomic E-state index is -0.0443. The summed E-state index contributed by atoms with van der Waals surface area (Å²) in [4.78, 5) is 12.6. The second-order valence-corrected chi connectivity index (χ2v) is 6.52. The van der Waals surface area contributed by atoms with E-state index in [0.29, 0.717) is 12.8 Å². The van der Waals surface area contributed by atoms with Crippen LogP contribution in [0.2, 0.25) is 0 Å². The number of ketones is 1. The van der Waals surface area contributed by atoms with Crippen molar-refractivity contribution in [2.24, 2.45) is 11.8 Å². The molecule has 0 amide bonds. The van der Waals surface area contributed by atoms with E-state index in [1.165, 1.54) is 0 Å². The molecule has 120 valence electrons. The van der Waals surface area contributed by atoms with Gasteiger partial charge in [0.2, 0.25) is 0 Å². The molecule has 2 atom stereocenters. The van der Waals surface area contributed by atoms with Gasteiger partial charge in [0, 0.05) is 24.7 Å². The number of aryl methyl sites for hydroxylation is 4. The van der Waals surface area contributed by atoms with Gasteiger partial charge in [-0.15, -0.1) is 0 Å². The molecular weight excluding hydrogens is 276 g/mol. The molecule has 2 heterocycles. The number of carbonyl (C=O) groups is 1. The SMILES string of the molecule is Cc1cc(CC(C)C(=O)C(C)Cc2cc(C)c(C)o2)oc1C. The Labute approximate surface area is 132 Å². The fraction of sp³-hybridized carbons (Fsp3) is 0.526.